The van der Waals surface area contributed by atoms with Crippen LogP contribution in [0.5, 0.6) is 0 Å². The SMILES string of the molecule is CC1(C)CCC(C(=O)NCc2ccccc2)C1. The Morgan fingerprint density at radius 2 is 2.06 bits per heavy atom. The van der Waals surface area contributed by atoms with Gasteiger partial charge in [-0.2, -0.15) is 0 Å². The molecule has 1 amide bonds. The minimum absolute atomic E-state index is 0.216. The summed E-state index contributed by atoms with van der Waals surface area (Å²) in [5, 5.41) is 3.04. The Kier molecular flexibility index (Phi) is 3.51. The summed E-state index contributed by atoms with van der Waals surface area (Å²) in [6.45, 7) is 5.14. The summed E-state index contributed by atoms with van der Waals surface area (Å²) in [5.41, 5.74) is 1.51. The highest BCUT2D eigenvalue weighted by molar-refractivity contribution is 5.79. The highest BCUT2D eigenvalue weighted by Crippen LogP contribution is 2.40. The summed E-state index contributed by atoms with van der Waals surface area (Å²) in [4.78, 5) is 12.0. The van der Waals surface area contributed by atoms with Crippen LogP contribution in [-0.4, -0.2) is 5.91 Å². The van der Waals surface area contributed by atoms with Crippen molar-refractivity contribution in [1.82, 2.24) is 5.32 Å². The lowest BCUT2D eigenvalue weighted by Crippen LogP contribution is -2.29. The molecule has 1 N–H and O–H groups in total. The fourth-order valence-electron chi connectivity index (χ4n) is 2.59. The van der Waals surface area contributed by atoms with Gasteiger partial charge in [-0.25, -0.2) is 0 Å². The van der Waals surface area contributed by atoms with Crippen LogP contribution < -0.4 is 5.32 Å². The number of nitrogens with one attached hydrogen (secondary N) is 1. The standard InChI is InChI=1S/C15H21NO/c1-15(2)9-8-13(10-15)14(17)16-11-12-6-4-3-5-7-12/h3-7,13H,8-11H2,1-2H3,(H,16,17). The lowest BCUT2D eigenvalue weighted by Gasteiger charge is -2.16. The molecule has 0 bridgehead atoms. The lowest BCUT2D eigenvalue weighted by molar-refractivity contribution is -0.125. The maximum absolute atomic E-state index is 12.0. The van der Waals surface area contributed by atoms with Gasteiger partial charge >= 0.3 is 0 Å². The van der Waals surface area contributed by atoms with Crippen LogP contribution in [0.3, 0.4) is 0 Å². The molecule has 1 atom stereocenters. The first-order valence-corrected chi connectivity index (χ1v) is 6.38. The molecule has 17 heavy (non-hydrogen) atoms. The summed E-state index contributed by atoms with van der Waals surface area (Å²) < 4.78 is 0. The van der Waals surface area contributed by atoms with Crippen LogP contribution in [0.15, 0.2) is 30.3 Å². The van der Waals surface area contributed by atoms with Gasteiger partial charge in [-0.05, 0) is 30.2 Å². The van der Waals surface area contributed by atoms with Gasteiger partial charge < -0.3 is 5.32 Å². The van der Waals surface area contributed by atoms with Gasteiger partial charge in [0.1, 0.15) is 0 Å². The number of rotatable bonds is 3. The normalized spacial score (nSPS) is 22.4. The molecule has 0 aromatic heterocycles. The molecular weight excluding hydrogens is 210 g/mol. The minimum atomic E-state index is 0.216. The van der Waals surface area contributed by atoms with Crippen LogP contribution >= 0.6 is 0 Å². The summed E-state index contributed by atoms with van der Waals surface area (Å²) in [6.07, 6.45) is 3.22. The van der Waals surface area contributed by atoms with E-state index in [1.165, 1.54) is 0 Å². The number of carbonyl (C=O) groups is 1. The zero-order chi connectivity index (χ0) is 12.3. The van der Waals surface area contributed by atoms with Gasteiger partial charge in [0.15, 0.2) is 0 Å². The molecule has 1 aromatic carbocycles. The first-order chi connectivity index (χ1) is 8.07. The number of hydrogen-bond acceptors (Lipinski definition) is 1. The Morgan fingerprint density at radius 1 is 1.35 bits per heavy atom. The van der Waals surface area contributed by atoms with E-state index >= 15 is 0 Å². The molecule has 0 radical (unpaired) electrons. The van der Waals surface area contributed by atoms with Gasteiger partial charge in [-0.15, -0.1) is 0 Å². The Bertz CT molecular complexity index is 383. The smallest absolute Gasteiger partial charge is 0.223 e. The van der Waals surface area contributed by atoms with Crippen molar-refractivity contribution in [2.24, 2.45) is 11.3 Å². The fourth-order valence-corrected chi connectivity index (χ4v) is 2.59. The highest BCUT2D eigenvalue weighted by Gasteiger charge is 2.34. The van der Waals surface area contributed by atoms with Crippen LogP contribution in [-0.2, 0) is 11.3 Å². The average Bonchev–Trinajstić information content (AvgIpc) is 2.68. The maximum Gasteiger partial charge on any atom is 0.223 e. The van der Waals surface area contributed by atoms with Crippen LogP contribution in [0.25, 0.3) is 0 Å². The molecular formula is C15H21NO. The zero-order valence-corrected chi connectivity index (χ0v) is 10.7. The summed E-state index contributed by atoms with van der Waals surface area (Å²) in [7, 11) is 0. The third-order valence-electron chi connectivity index (χ3n) is 3.65. The third-order valence-corrected chi connectivity index (χ3v) is 3.65. The number of amides is 1. The molecule has 0 saturated heterocycles. The van der Waals surface area contributed by atoms with E-state index in [2.05, 4.69) is 19.2 Å². The van der Waals surface area contributed by atoms with E-state index in [-0.39, 0.29) is 11.8 Å². The quantitative estimate of drug-likeness (QED) is 0.850. The highest BCUT2D eigenvalue weighted by atomic mass is 16.1. The monoisotopic (exact) mass is 231 g/mol. The topological polar surface area (TPSA) is 29.1 Å². The van der Waals surface area contributed by atoms with E-state index < -0.39 is 0 Å². The van der Waals surface area contributed by atoms with Crippen molar-refractivity contribution < 1.29 is 4.79 Å². The number of carbonyl (C=O) groups excluding carboxylic acids is 1. The van der Waals surface area contributed by atoms with Crippen molar-refractivity contribution in [3.63, 3.8) is 0 Å². The van der Waals surface area contributed by atoms with Crippen LogP contribution in [0, 0.1) is 11.3 Å². The molecule has 0 aliphatic heterocycles. The van der Waals surface area contributed by atoms with Gasteiger partial charge in [0.25, 0.3) is 0 Å². The second-order valence-electron chi connectivity index (χ2n) is 5.81. The third kappa shape index (κ3) is 3.32. The Hall–Kier alpha value is -1.31. The van der Waals surface area contributed by atoms with Crippen molar-refractivity contribution in [2.45, 2.75) is 39.7 Å². The zero-order valence-electron chi connectivity index (χ0n) is 10.7. The van der Waals surface area contributed by atoms with Crippen molar-refractivity contribution in [3.8, 4) is 0 Å². The maximum atomic E-state index is 12.0. The summed E-state index contributed by atoms with van der Waals surface area (Å²) in [5.74, 6) is 0.438. The largest absolute Gasteiger partial charge is 0.352 e. The Balaban J connectivity index is 1.83. The van der Waals surface area contributed by atoms with E-state index in [0.717, 1.165) is 24.8 Å². The minimum Gasteiger partial charge on any atom is -0.352 e. The second-order valence-corrected chi connectivity index (χ2v) is 5.81. The van der Waals surface area contributed by atoms with Crippen molar-refractivity contribution >= 4 is 5.91 Å². The molecule has 92 valence electrons. The molecule has 1 saturated carbocycles. The van der Waals surface area contributed by atoms with E-state index in [0.29, 0.717) is 12.0 Å². The van der Waals surface area contributed by atoms with Crippen molar-refractivity contribution in [2.75, 3.05) is 0 Å². The average molecular weight is 231 g/mol. The number of benzene rings is 1. The van der Waals surface area contributed by atoms with E-state index in [1.807, 2.05) is 30.3 Å². The molecule has 0 spiro atoms. The van der Waals surface area contributed by atoms with Crippen molar-refractivity contribution in [1.29, 1.82) is 0 Å². The Labute approximate surface area is 103 Å². The predicted molar refractivity (Wildman–Crippen MR) is 69.4 cm³/mol. The molecule has 1 fully saturated rings. The second kappa shape index (κ2) is 4.91. The summed E-state index contributed by atoms with van der Waals surface area (Å²) >= 11 is 0. The predicted octanol–water partition coefficient (Wildman–Crippen LogP) is 3.13. The molecule has 1 aliphatic carbocycles. The molecule has 1 aliphatic rings. The van der Waals surface area contributed by atoms with Crippen LogP contribution in [0.4, 0.5) is 0 Å². The molecule has 1 unspecified atom stereocenters. The molecule has 2 nitrogen and oxygen atoms in total. The van der Waals surface area contributed by atoms with Crippen molar-refractivity contribution in [3.05, 3.63) is 35.9 Å². The van der Waals surface area contributed by atoms with Gasteiger partial charge in [0.05, 0.1) is 0 Å². The summed E-state index contributed by atoms with van der Waals surface area (Å²) in [6, 6.07) is 10.1. The molecule has 0 heterocycles. The lowest BCUT2D eigenvalue weighted by atomic mass is 9.90. The first kappa shape index (κ1) is 12.2. The van der Waals surface area contributed by atoms with E-state index in [4.69, 9.17) is 0 Å². The molecule has 2 heteroatoms. The van der Waals surface area contributed by atoms with Crippen LogP contribution in [0.1, 0.15) is 38.7 Å². The molecule has 1 aromatic rings. The fraction of sp³-hybridized carbons (Fsp3) is 0.533. The van der Waals surface area contributed by atoms with E-state index in [9.17, 15) is 4.79 Å². The van der Waals surface area contributed by atoms with Gasteiger partial charge in [0, 0.05) is 12.5 Å². The first-order valence-electron chi connectivity index (χ1n) is 6.38. The Morgan fingerprint density at radius 3 is 2.65 bits per heavy atom. The van der Waals surface area contributed by atoms with Crippen LogP contribution in [0.2, 0.25) is 0 Å². The van der Waals surface area contributed by atoms with Gasteiger partial charge in [-0.1, -0.05) is 44.2 Å². The van der Waals surface area contributed by atoms with E-state index in [1.54, 1.807) is 0 Å². The van der Waals surface area contributed by atoms with Gasteiger partial charge in [-0.3, -0.25) is 4.79 Å². The van der Waals surface area contributed by atoms with Gasteiger partial charge in [0.2, 0.25) is 5.91 Å². The molecule has 2 rings (SSSR count). The number of hydrogen-bond donors (Lipinski definition) is 1.